The minimum absolute atomic E-state index is 0.353. The Labute approximate surface area is 136 Å². The summed E-state index contributed by atoms with van der Waals surface area (Å²) in [5, 5.41) is 20.9. The molecule has 0 aromatic heterocycles. The lowest BCUT2D eigenvalue weighted by molar-refractivity contribution is -0.0273. The van der Waals surface area contributed by atoms with Crippen LogP contribution < -0.4 is 0 Å². The molecule has 1 fully saturated rings. The molecule has 2 N–H and O–H groups in total. The van der Waals surface area contributed by atoms with Crippen molar-refractivity contribution in [2.75, 3.05) is 0 Å². The van der Waals surface area contributed by atoms with E-state index in [-0.39, 0.29) is 0 Å². The standard InChI is InChI=1S/C20H34O2/c1-15-7-8-16-17(10-14-19(16,4)13-9-15)20(5,22)12-6-11-18(2,3)21/h6-7,11,16-17,21-22H,8-10,12-14H2,1-5H3/b11-6+/t16-,17+,19-,20?/m1/s1. The van der Waals surface area contributed by atoms with Gasteiger partial charge in [-0.15, -0.1) is 0 Å². The highest BCUT2D eigenvalue weighted by Gasteiger charge is 2.50. The summed E-state index contributed by atoms with van der Waals surface area (Å²) in [6, 6.07) is 0. The van der Waals surface area contributed by atoms with E-state index in [1.165, 1.54) is 24.8 Å². The summed E-state index contributed by atoms with van der Waals surface area (Å²) in [5.74, 6) is 0.932. The molecular formula is C20H34O2. The van der Waals surface area contributed by atoms with E-state index in [1.807, 2.05) is 13.0 Å². The highest BCUT2D eigenvalue weighted by Crippen LogP contribution is 2.56. The molecule has 0 radical (unpaired) electrons. The summed E-state index contributed by atoms with van der Waals surface area (Å²) in [4.78, 5) is 0. The zero-order chi connectivity index (χ0) is 16.6. The third kappa shape index (κ3) is 4.02. The van der Waals surface area contributed by atoms with Gasteiger partial charge in [-0.3, -0.25) is 0 Å². The van der Waals surface area contributed by atoms with E-state index >= 15 is 0 Å². The molecule has 0 spiro atoms. The van der Waals surface area contributed by atoms with Gasteiger partial charge in [0.15, 0.2) is 0 Å². The maximum Gasteiger partial charge on any atom is 0.0771 e. The molecule has 0 saturated heterocycles. The molecule has 2 aliphatic carbocycles. The number of hydrogen-bond acceptors (Lipinski definition) is 2. The first-order valence-corrected chi connectivity index (χ1v) is 8.82. The lowest BCUT2D eigenvalue weighted by atomic mass is 9.69. The summed E-state index contributed by atoms with van der Waals surface area (Å²) in [6.07, 6.45) is 12.7. The quantitative estimate of drug-likeness (QED) is 0.744. The van der Waals surface area contributed by atoms with Crippen molar-refractivity contribution in [1.82, 2.24) is 0 Å². The third-order valence-corrected chi connectivity index (χ3v) is 6.07. The zero-order valence-corrected chi connectivity index (χ0v) is 15.0. The first-order chi connectivity index (χ1) is 10.0. The van der Waals surface area contributed by atoms with Crippen LogP contribution in [0.2, 0.25) is 0 Å². The molecule has 0 bridgehead atoms. The van der Waals surface area contributed by atoms with E-state index in [9.17, 15) is 10.2 Å². The fourth-order valence-electron chi connectivity index (χ4n) is 4.51. The van der Waals surface area contributed by atoms with E-state index in [0.717, 1.165) is 12.8 Å². The van der Waals surface area contributed by atoms with Crippen molar-refractivity contribution in [3.63, 3.8) is 0 Å². The van der Waals surface area contributed by atoms with Crippen LogP contribution in [0.4, 0.5) is 0 Å². The van der Waals surface area contributed by atoms with Gasteiger partial charge in [0.05, 0.1) is 11.2 Å². The molecule has 2 heteroatoms. The summed E-state index contributed by atoms with van der Waals surface area (Å²) < 4.78 is 0. The molecule has 4 atom stereocenters. The fraction of sp³-hybridized carbons (Fsp3) is 0.800. The van der Waals surface area contributed by atoms with Crippen molar-refractivity contribution in [1.29, 1.82) is 0 Å². The van der Waals surface area contributed by atoms with Crippen LogP contribution in [0.5, 0.6) is 0 Å². The van der Waals surface area contributed by atoms with Crippen LogP contribution in [0, 0.1) is 17.3 Å². The Balaban J connectivity index is 2.12. The third-order valence-electron chi connectivity index (χ3n) is 6.07. The van der Waals surface area contributed by atoms with Crippen LogP contribution in [0.3, 0.4) is 0 Å². The molecule has 0 aromatic carbocycles. The Bertz CT molecular complexity index is 453. The molecule has 0 aromatic rings. The molecule has 1 saturated carbocycles. The Morgan fingerprint density at radius 1 is 1.27 bits per heavy atom. The molecule has 2 aliphatic rings. The van der Waals surface area contributed by atoms with Crippen molar-refractivity contribution in [2.45, 2.75) is 84.3 Å². The summed E-state index contributed by atoms with van der Waals surface area (Å²) in [6.45, 7) is 10.2. The molecule has 0 aliphatic heterocycles. The predicted molar refractivity (Wildman–Crippen MR) is 92.6 cm³/mol. The maximum atomic E-state index is 11.1. The first-order valence-electron chi connectivity index (χ1n) is 8.82. The van der Waals surface area contributed by atoms with E-state index < -0.39 is 11.2 Å². The number of fused-ring (bicyclic) bond motifs is 1. The maximum absolute atomic E-state index is 11.1. The Morgan fingerprint density at radius 3 is 2.59 bits per heavy atom. The highest BCUT2D eigenvalue weighted by molar-refractivity contribution is 5.11. The van der Waals surface area contributed by atoms with Crippen LogP contribution in [-0.4, -0.2) is 21.4 Å². The number of aliphatic hydroxyl groups is 2. The van der Waals surface area contributed by atoms with E-state index in [0.29, 0.717) is 23.7 Å². The zero-order valence-electron chi connectivity index (χ0n) is 15.0. The topological polar surface area (TPSA) is 40.5 Å². The largest absolute Gasteiger partial charge is 0.390 e. The average molecular weight is 306 g/mol. The highest BCUT2D eigenvalue weighted by atomic mass is 16.3. The van der Waals surface area contributed by atoms with Gasteiger partial charge in [-0.25, -0.2) is 0 Å². The van der Waals surface area contributed by atoms with Crippen molar-refractivity contribution in [3.05, 3.63) is 23.8 Å². The van der Waals surface area contributed by atoms with Crippen molar-refractivity contribution < 1.29 is 10.2 Å². The smallest absolute Gasteiger partial charge is 0.0771 e. The van der Waals surface area contributed by atoms with E-state index in [2.05, 4.69) is 19.9 Å². The van der Waals surface area contributed by atoms with E-state index in [1.54, 1.807) is 19.9 Å². The molecule has 22 heavy (non-hydrogen) atoms. The number of rotatable bonds is 4. The molecule has 2 nitrogen and oxygen atoms in total. The van der Waals surface area contributed by atoms with Crippen LogP contribution in [-0.2, 0) is 0 Å². The van der Waals surface area contributed by atoms with Crippen LogP contribution >= 0.6 is 0 Å². The molecule has 0 amide bonds. The van der Waals surface area contributed by atoms with Gasteiger partial charge in [0.25, 0.3) is 0 Å². The average Bonchev–Trinajstić information content (AvgIpc) is 2.63. The monoisotopic (exact) mass is 306 g/mol. The van der Waals surface area contributed by atoms with Gasteiger partial charge in [-0.1, -0.05) is 30.7 Å². The normalized spacial score (nSPS) is 35.9. The Hall–Kier alpha value is -0.600. The van der Waals surface area contributed by atoms with Gasteiger partial charge in [0, 0.05) is 0 Å². The van der Waals surface area contributed by atoms with Gasteiger partial charge in [-0.05, 0) is 83.5 Å². The van der Waals surface area contributed by atoms with Gasteiger partial charge < -0.3 is 10.2 Å². The molecule has 1 unspecified atom stereocenters. The van der Waals surface area contributed by atoms with Gasteiger partial charge in [0.1, 0.15) is 0 Å². The molecule has 2 rings (SSSR count). The van der Waals surface area contributed by atoms with Gasteiger partial charge >= 0.3 is 0 Å². The summed E-state index contributed by atoms with van der Waals surface area (Å²) >= 11 is 0. The van der Waals surface area contributed by atoms with Gasteiger partial charge in [-0.2, -0.15) is 0 Å². The number of allylic oxidation sites excluding steroid dienone is 2. The second kappa shape index (κ2) is 6.13. The Kier molecular flexibility index (Phi) is 4.94. The van der Waals surface area contributed by atoms with Crippen molar-refractivity contribution in [2.24, 2.45) is 17.3 Å². The van der Waals surface area contributed by atoms with Crippen molar-refractivity contribution >= 4 is 0 Å². The second-order valence-electron chi connectivity index (χ2n) is 8.81. The lowest BCUT2D eigenvalue weighted by Gasteiger charge is -2.38. The summed E-state index contributed by atoms with van der Waals surface area (Å²) in [5.41, 5.74) is 0.401. The summed E-state index contributed by atoms with van der Waals surface area (Å²) in [7, 11) is 0. The lowest BCUT2D eigenvalue weighted by Crippen LogP contribution is -2.39. The van der Waals surface area contributed by atoms with Gasteiger partial charge in [0.2, 0.25) is 0 Å². The molecular weight excluding hydrogens is 272 g/mol. The van der Waals surface area contributed by atoms with Crippen LogP contribution in [0.25, 0.3) is 0 Å². The fourth-order valence-corrected chi connectivity index (χ4v) is 4.51. The molecule has 126 valence electrons. The van der Waals surface area contributed by atoms with Crippen molar-refractivity contribution in [3.8, 4) is 0 Å². The SMILES string of the molecule is CC1=CC[C@@H]2[C@@H](C(C)(O)C/C=C/C(C)(C)O)CC[C@@]2(C)CC1. The second-order valence-corrected chi connectivity index (χ2v) is 8.81. The van der Waals surface area contributed by atoms with E-state index in [4.69, 9.17) is 0 Å². The predicted octanol–water partition coefficient (Wildman–Crippen LogP) is 4.62. The van der Waals surface area contributed by atoms with Crippen LogP contribution in [0.1, 0.15) is 73.1 Å². The first kappa shape index (κ1) is 17.7. The van der Waals surface area contributed by atoms with Crippen LogP contribution in [0.15, 0.2) is 23.8 Å². The minimum atomic E-state index is -0.803. The Morgan fingerprint density at radius 2 is 1.95 bits per heavy atom. The molecule has 0 heterocycles. The number of hydrogen-bond donors (Lipinski definition) is 2. The minimum Gasteiger partial charge on any atom is -0.390 e.